The van der Waals surface area contributed by atoms with Gasteiger partial charge in [0, 0.05) is 24.3 Å². The summed E-state index contributed by atoms with van der Waals surface area (Å²) in [6.45, 7) is 7.22. The minimum absolute atomic E-state index is 0. The van der Waals surface area contributed by atoms with Gasteiger partial charge in [-0.3, -0.25) is 4.79 Å². The first-order valence-electron chi connectivity index (χ1n) is 6.20. The molecule has 19 heavy (non-hydrogen) atoms. The van der Waals surface area contributed by atoms with E-state index in [1.165, 1.54) is 0 Å². The van der Waals surface area contributed by atoms with Gasteiger partial charge >= 0.3 is 0 Å². The minimum Gasteiger partial charge on any atom is -0.399 e. The van der Waals surface area contributed by atoms with E-state index in [2.05, 4.69) is 0 Å². The highest BCUT2D eigenvalue weighted by Crippen LogP contribution is 2.22. The summed E-state index contributed by atoms with van der Waals surface area (Å²) in [7, 11) is 0. The molecule has 0 aliphatic carbocycles. The molecule has 5 heteroatoms. The number of nitrogens with two attached hydrogens (primary N) is 1. The highest BCUT2D eigenvalue weighted by atomic mass is 35.5. The third-order valence-corrected chi connectivity index (χ3v) is 2.99. The van der Waals surface area contributed by atoms with Crippen LogP contribution in [0.15, 0.2) is 24.3 Å². The number of amides is 1. The van der Waals surface area contributed by atoms with Crippen molar-refractivity contribution < 1.29 is 9.53 Å². The van der Waals surface area contributed by atoms with E-state index >= 15 is 0 Å². The number of carbonyl (C=O) groups is 1. The Bertz CT molecular complexity index is 463. The number of rotatable bonds is 1. The zero-order chi connectivity index (χ0) is 13.3. The fourth-order valence-corrected chi connectivity index (χ4v) is 2.46. The summed E-state index contributed by atoms with van der Waals surface area (Å²) in [6.07, 6.45) is 0.0544. The van der Waals surface area contributed by atoms with Gasteiger partial charge in [-0.15, -0.1) is 12.4 Å². The number of halogens is 1. The van der Waals surface area contributed by atoms with Crippen LogP contribution in [0.4, 0.5) is 5.69 Å². The highest BCUT2D eigenvalue weighted by molar-refractivity contribution is 5.95. The number of nitrogen functional groups attached to an aromatic ring is 1. The Morgan fingerprint density at radius 1 is 1.47 bits per heavy atom. The molecular formula is C14H21ClN2O2. The summed E-state index contributed by atoms with van der Waals surface area (Å²) < 4.78 is 5.80. The Kier molecular flexibility index (Phi) is 4.82. The van der Waals surface area contributed by atoms with Crippen molar-refractivity contribution in [3.05, 3.63) is 29.8 Å². The van der Waals surface area contributed by atoms with Crippen LogP contribution in [0.1, 0.15) is 31.1 Å². The SMILES string of the molecule is CC1CN(C(=O)c2cccc(N)c2)CC(C)(C)O1.Cl. The van der Waals surface area contributed by atoms with Crippen LogP contribution in [-0.4, -0.2) is 35.6 Å². The molecule has 2 rings (SSSR count). The number of nitrogens with zero attached hydrogens (tertiary/aromatic N) is 1. The van der Waals surface area contributed by atoms with Crippen molar-refractivity contribution >= 4 is 24.0 Å². The quantitative estimate of drug-likeness (QED) is 0.805. The van der Waals surface area contributed by atoms with Crippen LogP contribution >= 0.6 is 12.4 Å². The molecule has 1 saturated heterocycles. The predicted molar refractivity (Wildman–Crippen MR) is 78.6 cm³/mol. The molecule has 1 fully saturated rings. The molecule has 1 unspecified atom stereocenters. The average molecular weight is 285 g/mol. The van der Waals surface area contributed by atoms with Crippen molar-refractivity contribution in [1.29, 1.82) is 0 Å². The fraction of sp³-hybridized carbons (Fsp3) is 0.500. The molecule has 0 aromatic heterocycles. The lowest BCUT2D eigenvalue weighted by molar-refractivity contribution is -0.118. The number of anilines is 1. The molecule has 0 spiro atoms. The monoisotopic (exact) mass is 284 g/mol. The number of benzene rings is 1. The standard InChI is InChI=1S/C14H20N2O2.ClH/c1-10-8-16(9-14(2,3)18-10)13(17)11-5-4-6-12(15)7-11;/h4-7,10H,8-9,15H2,1-3H3;1H. The maximum atomic E-state index is 12.4. The lowest BCUT2D eigenvalue weighted by Gasteiger charge is -2.41. The summed E-state index contributed by atoms with van der Waals surface area (Å²) in [5.41, 5.74) is 6.66. The summed E-state index contributed by atoms with van der Waals surface area (Å²) >= 11 is 0. The maximum absolute atomic E-state index is 12.4. The van der Waals surface area contributed by atoms with E-state index in [0.29, 0.717) is 24.3 Å². The van der Waals surface area contributed by atoms with E-state index in [0.717, 1.165) is 0 Å². The van der Waals surface area contributed by atoms with Gasteiger partial charge < -0.3 is 15.4 Å². The molecule has 0 radical (unpaired) electrons. The third-order valence-electron chi connectivity index (χ3n) is 2.99. The van der Waals surface area contributed by atoms with Crippen molar-refractivity contribution in [2.75, 3.05) is 18.8 Å². The van der Waals surface area contributed by atoms with Gasteiger partial charge in [-0.1, -0.05) is 6.07 Å². The van der Waals surface area contributed by atoms with E-state index in [-0.39, 0.29) is 30.0 Å². The Morgan fingerprint density at radius 3 is 2.74 bits per heavy atom. The van der Waals surface area contributed by atoms with Crippen LogP contribution in [0, 0.1) is 0 Å². The molecular weight excluding hydrogens is 264 g/mol. The van der Waals surface area contributed by atoms with Crippen LogP contribution in [0.5, 0.6) is 0 Å². The molecule has 1 amide bonds. The molecule has 4 nitrogen and oxygen atoms in total. The van der Waals surface area contributed by atoms with E-state index < -0.39 is 0 Å². The molecule has 2 N–H and O–H groups in total. The number of hydrogen-bond donors (Lipinski definition) is 1. The minimum atomic E-state index is -0.298. The van der Waals surface area contributed by atoms with Gasteiger partial charge in [-0.05, 0) is 39.0 Å². The second-order valence-electron chi connectivity index (χ2n) is 5.50. The normalized spacial score (nSPS) is 21.6. The smallest absolute Gasteiger partial charge is 0.254 e. The first-order chi connectivity index (χ1) is 8.37. The summed E-state index contributed by atoms with van der Waals surface area (Å²) in [5, 5.41) is 0. The molecule has 1 aliphatic heterocycles. The summed E-state index contributed by atoms with van der Waals surface area (Å²) in [5.74, 6) is 0.0190. The van der Waals surface area contributed by atoms with E-state index in [1.54, 1.807) is 24.3 Å². The molecule has 1 atom stereocenters. The average Bonchev–Trinajstić information content (AvgIpc) is 2.25. The Balaban J connectivity index is 0.00000180. The maximum Gasteiger partial charge on any atom is 0.254 e. The van der Waals surface area contributed by atoms with Gasteiger partial charge in [0.1, 0.15) is 0 Å². The van der Waals surface area contributed by atoms with Crippen molar-refractivity contribution in [1.82, 2.24) is 4.90 Å². The van der Waals surface area contributed by atoms with E-state index in [4.69, 9.17) is 10.5 Å². The molecule has 1 aromatic rings. The number of hydrogen-bond acceptors (Lipinski definition) is 3. The van der Waals surface area contributed by atoms with Gasteiger partial charge in [-0.25, -0.2) is 0 Å². The summed E-state index contributed by atoms with van der Waals surface area (Å²) in [4.78, 5) is 14.2. The van der Waals surface area contributed by atoms with Gasteiger partial charge in [0.15, 0.2) is 0 Å². The molecule has 1 heterocycles. The van der Waals surface area contributed by atoms with Crippen LogP contribution in [0.25, 0.3) is 0 Å². The van der Waals surface area contributed by atoms with Gasteiger partial charge in [0.2, 0.25) is 0 Å². The topological polar surface area (TPSA) is 55.6 Å². The molecule has 106 valence electrons. The van der Waals surface area contributed by atoms with Crippen LogP contribution in [0.3, 0.4) is 0 Å². The van der Waals surface area contributed by atoms with Crippen LogP contribution in [0.2, 0.25) is 0 Å². The van der Waals surface area contributed by atoms with Crippen molar-refractivity contribution in [3.8, 4) is 0 Å². The number of morpholine rings is 1. The number of carbonyl (C=O) groups excluding carboxylic acids is 1. The summed E-state index contributed by atoms with van der Waals surface area (Å²) in [6, 6.07) is 7.10. The molecule has 0 bridgehead atoms. The zero-order valence-corrected chi connectivity index (χ0v) is 12.4. The molecule has 1 aromatic carbocycles. The lowest BCUT2D eigenvalue weighted by atomic mass is 10.0. The Hall–Kier alpha value is -1.26. The van der Waals surface area contributed by atoms with Gasteiger partial charge in [-0.2, -0.15) is 0 Å². The second kappa shape index (κ2) is 5.80. The van der Waals surface area contributed by atoms with E-state index in [1.807, 2.05) is 25.7 Å². The first-order valence-corrected chi connectivity index (χ1v) is 6.20. The molecule has 1 aliphatic rings. The van der Waals surface area contributed by atoms with Gasteiger partial charge in [0.25, 0.3) is 5.91 Å². The Labute approximate surface area is 120 Å². The lowest BCUT2D eigenvalue weighted by Crippen LogP contribution is -2.53. The van der Waals surface area contributed by atoms with Crippen molar-refractivity contribution in [2.45, 2.75) is 32.5 Å². The van der Waals surface area contributed by atoms with Crippen molar-refractivity contribution in [2.24, 2.45) is 0 Å². The van der Waals surface area contributed by atoms with Crippen molar-refractivity contribution in [3.63, 3.8) is 0 Å². The predicted octanol–water partition coefficient (Wildman–Crippen LogP) is 2.33. The number of ether oxygens (including phenoxy) is 1. The highest BCUT2D eigenvalue weighted by Gasteiger charge is 2.33. The first kappa shape index (κ1) is 15.8. The second-order valence-corrected chi connectivity index (χ2v) is 5.50. The van der Waals surface area contributed by atoms with E-state index in [9.17, 15) is 4.79 Å². The van der Waals surface area contributed by atoms with Crippen LogP contribution in [-0.2, 0) is 4.74 Å². The molecule has 0 saturated carbocycles. The van der Waals surface area contributed by atoms with Gasteiger partial charge in [0.05, 0.1) is 11.7 Å². The van der Waals surface area contributed by atoms with Crippen LogP contribution < -0.4 is 5.73 Å². The third kappa shape index (κ3) is 3.85. The largest absolute Gasteiger partial charge is 0.399 e. The fourth-order valence-electron chi connectivity index (χ4n) is 2.46. The zero-order valence-electron chi connectivity index (χ0n) is 11.6. The Morgan fingerprint density at radius 2 is 2.16 bits per heavy atom.